The maximum Gasteiger partial charge on any atom is 0.245 e. The molecule has 0 spiro atoms. The summed E-state index contributed by atoms with van der Waals surface area (Å²) in [5, 5.41) is 4.20. The molecule has 2 aromatic rings. The topological polar surface area (TPSA) is 58.1 Å². The summed E-state index contributed by atoms with van der Waals surface area (Å²) in [6, 6.07) is 3.56. The minimum atomic E-state index is -0.0904. The normalized spacial score (nSPS) is 16.5. The quantitative estimate of drug-likeness (QED) is 0.877. The van der Waals surface area contributed by atoms with Gasteiger partial charge in [0.1, 0.15) is 5.82 Å². The summed E-state index contributed by atoms with van der Waals surface area (Å²) in [5.74, 6) is 1.37. The number of anilines is 2. The number of rotatable bonds is 5. The molecule has 1 unspecified atom stereocenters. The van der Waals surface area contributed by atoms with Crippen LogP contribution in [0.2, 0.25) is 5.02 Å². The number of nitrogens with one attached hydrogen (secondary N) is 1. The highest BCUT2D eigenvalue weighted by Gasteiger charge is 2.22. The van der Waals surface area contributed by atoms with Crippen molar-refractivity contribution in [2.75, 3.05) is 23.8 Å². The molecule has 5 nitrogen and oxygen atoms in total. The SMILES string of the molecule is CCC1CCc2nc(NC(=O)CN(C)c3ccc(Cl)cn3)sc2C1. The Hall–Kier alpha value is -1.66. The molecule has 1 N–H and O–H groups in total. The van der Waals surface area contributed by atoms with Crippen molar-refractivity contribution < 1.29 is 4.79 Å². The van der Waals surface area contributed by atoms with E-state index in [-0.39, 0.29) is 12.5 Å². The highest BCUT2D eigenvalue weighted by atomic mass is 35.5. The number of aromatic nitrogens is 2. The van der Waals surface area contributed by atoms with Crippen molar-refractivity contribution in [2.24, 2.45) is 5.92 Å². The molecular weight excluding hydrogens is 344 g/mol. The van der Waals surface area contributed by atoms with Crippen LogP contribution in [-0.4, -0.2) is 29.5 Å². The Morgan fingerprint density at radius 2 is 2.33 bits per heavy atom. The van der Waals surface area contributed by atoms with E-state index in [9.17, 15) is 4.79 Å². The minimum absolute atomic E-state index is 0.0904. The van der Waals surface area contributed by atoms with Crippen LogP contribution < -0.4 is 10.2 Å². The maximum absolute atomic E-state index is 12.3. The van der Waals surface area contributed by atoms with E-state index in [1.54, 1.807) is 34.6 Å². The van der Waals surface area contributed by atoms with Gasteiger partial charge in [-0.2, -0.15) is 0 Å². The van der Waals surface area contributed by atoms with Gasteiger partial charge in [0.05, 0.1) is 17.3 Å². The number of nitrogens with zero attached hydrogens (tertiary/aromatic N) is 3. The summed E-state index contributed by atoms with van der Waals surface area (Å²) in [6.45, 7) is 2.45. The van der Waals surface area contributed by atoms with Crippen molar-refractivity contribution in [3.05, 3.63) is 33.9 Å². The first-order valence-electron chi connectivity index (χ1n) is 8.16. The molecule has 2 heterocycles. The smallest absolute Gasteiger partial charge is 0.245 e. The first-order chi connectivity index (χ1) is 11.5. The molecule has 1 aliphatic carbocycles. The molecule has 1 atom stereocenters. The number of carbonyl (C=O) groups excluding carboxylic acids is 1. The Balaban J connectivity index is 1.59. The number of fused-ring (bicyclic) bond motifs is 1. The third-order valence-corrected chi connectivity index (χ3v) is 5.61. The molecule has 0 saturated carbocycles. The molecule has 2 aromatic heterocycles. The van der Waals surface area contributed by atoms with Gasteiger partial charge in [-0.05, 0) is 37.3 Å². The van der Waals surface area contributed by atoms with E-state index in [1.807, 2.05) is 7.05 Å². The minimum Gasteiger partial charge on any atom is -0.350 e. The number of pyridine rings is 1. The Morgan fingerprint density at radius 3 is 3.04 bits per heavy atom. The number of thiazole rings is 1. The lowest BCUT2D eigenvalue weighted by atomic mass is 9.89. The van der Waals surface area contributed by atoms with Crippen molar-refractivity contribution in [3.63, 3.8) is 0 Å². The van der Waals surface area contributed by atoms with Gasteiger partial charge in [-0.3, -0.25) is 4.79 Å². The van der Waals surface area contributed by atoms with Gasteiger partial charge in [0, 0.05) is 18.1 Å². The number of amides is 1. The lowest BCUT2D eigenvalue weighted by Crippen LogP contribution is -2.30. The van der Waals surface area contributed by atoms with Crippen LogP contribution in [0, 0.1) is 5.92 Å². The number of aryl methyl sites for hydroxylation is 1. The molecule has 24 heavy (non-hydrogen) atoms. The van der Waals surface area contributed by atoms with Crippen LogP contribution >= 0.6 is 22.9 Å². The number of likely N-dealkylation sites (N-methyl/N-ethyl adjacent to an activating group) is 1. The monoisotopic (exact) mass is 364 g/mol. The highest BCUT2D eigenvalue weighted by Crippen LogP contribution is 2.33. The number of carbonyl (C=O) groups is 1. The molecule has 128 valence electrons. The molecule has 3 rings (SSSR count). The zero-order chi connectivity index (χ0) is 17.1. The van der Waals surface area contributed by atoms with Gasteiger partial charge in [0.25, 0.3) is 0 Å². The molecule has 0 radical (unpaired) electrons. The highest BCUT2D eigenvalue weighted by molar-refractivity contribution is 7.15. The van der Waals surface area contributed by atoms with Gasteiger partial charge in [-0.15, -0.1) is 11.3 Å². The summed E-state index contributed by atoms with van der Waals surface area (Å²) < 4.78 is 0. The summed E-state index contributed by atoms with van der Waals surface area (Å²) in [4.78, 5) is 24.2. The van der Waals surface area contributed by atoms with Crippen molar-refractivity contribution in [1.29, 1.82) is 0 Å². The molecule has 0 saturated heterocycles. The van der Waals surface area contributed by atoms with E-state index in [2.05, 4.69) is 22.2 Å². The fourth-order valence-electron chi connectivity index (χ4n) is 2.89. The van der Waals surface area contributed by atoms with Gasteiger partial charge in [-0.1, -0.05) is 24.9 Å². The van der Waals surface area contributed by atoms with E-state index >= 15 is 0 Å². The van der Waals surface area contributed by atoms with Gasteiger partial charge < -0.3 is 10.2 Å². The maximum atomic E-state index is 12.3. The second-order valence-electron chi connectivity index (χ2n) is 6.14. The second-order valence-corrected chi connectivity index (χ2v) is 7.66. The van der Waals surface area contributed by atoms with Crippen LogP contribution in [-0.2, 0) is 17.6 Å². The van der Waals surface area contributed by atoms with Crippen molar-refractivity contribution in [2.45, 2.75) is 32.6 Å². The van der Waals surface area contributed by atoms with Crippen molar-refractivity contribution >= 4 is 39.8 Å². The van der Waals surface area contributed by atoms with Crippen molar-refractivity contribution in [1.82, 2.24) is 9.97 Å². The van der Waals surface area contributed by atoms with Gasteiger partial charge in [0.2, 0.25) is 5.91 Å². The van der Waals surface area contributed by atoms with Crippen LogP contribution in [0.4, 0.5) is 10.9 Å². The van der Waals surface area contributed by atoms with E-state index < -0.39 is 0 Å². The Labute approximate surface area is 151 Å². The predicted octanol–water partition coefficient (Wildman–Crippen LogP) is 3.78. The van der Waals surface area contributed by atoms with E-state index in [0.717, 1.165) is 24.5 Å². The zero-order valence-corrected chi connectivity index (χ0v) is 15.5. The molecule has 7 heteroatoms. The predicted molar refractivity (Wildman–Crippen MR) is 99.1 cm³/mol. The first-order valence-corrected chi connectivity index (χ1v) is 9.35. The fraction of sp³-hybridized carbons (Fsp3) is 0.471. The van der Waals surface area contributed by atoms with Crippen LogP contribution in [0.25, 0.3) is 0 Å². The largest absolute Gasteiger partial charge is 0.350 e. The third kappa shape index (κ3) is 4.05. The Bertz CT molecular complexity index is 716. The van der Waals surface area contributed by atoms with Gasteiger partial charge >= 0.3 is 0 Å². The second kappa shape index (κ2) is 7.49. The number of hydrogen-bond donors (Lipinski definition) is 1. The standard InChI is InChI=1S/C17H21ClN4OS/c1-3-11-4-6-13-14(8-11)24-17(20-13)21-16(23)10-22(2)15-7-5-12(18)9-19-15/h5,7,9,11H,3-4,6,8,10H2,1-2H3,(H,20,21,23). The summed E-state index contributed by atoms with van der Waals surface area (Å²) in [6.07, 6.45) is 6.09. The van der Waals surface area contributed by atoms with E-state index in [1.165, 1.54) is 17.7 Å². The van der Waals surface area contributed by atoms with Crippen LogP contribution in [0.1, 0.15) is 30.3 Å². The third-order valence-electron chi connectivity index (χ3n) is 4.35. The molecular formula is C17H21ClN4OS. The summed E-state index contributed by atoms with van der Waals surface area (Å²) in [7, 11) is 1.83. The van der Waals surface area contributed by atoms with Crippen LogP contribution in [0.5, 0.6) is 0 Å². The van der Waals surface area contributed by atoms with E-state index in [0.29, 0.717) is 16.0 Å². The van der Waals surface area contributed by atoms with E-state index in [4.69, 9.17) is 11.6 Å². The fourth-order valence-corrected chi connectivity index (χ4v) is 4.14. The number of hydrogen-bond acceptors (Lipinski definition) is 5. The van der Waals surface area contributed by atoms with Gasteiger partial charge in [0.15, 0.2) is 5.13 Å². The lowest BCUT2D eigenvalue weighted by Gasteiger charge is -2.18. The molecule has 1 amide bonds. The molecule has 0 bridgehead atoms. The average Bonchev–Trinajstić information content (AvgIpc) is 2.96. The summed E-state index contributed by atoms with van der Waals surface area (Å²) in [5.41, 5.74) is 1.16. The summed E-state index contributed by atoms with van der Waals surface area (Å²) >= 11 is 7.45. The van der Waals surface area contributed by atoms with Gasteiger partial charge in [-0.25, -0.2) is 9.97 Å². The Morgan fingerprint density at radius 1 is 1.50 bits per heavy atom. The molecule has 0 aliphatic heterocycles. The number of halogens is 1. The zero-order valence-electron chi connectivity index (χ0n) is 13.9. The first kappa shape index (κ1) is 17.2. The molecule has 0 fully saturated rings. The Kier molecular flexibility index (Phi) is 5.36. The van der Waals surface area contributed by atoms with Crippen LogP contribution in [0.3, 0.4) is 0 Å². The molecule has 0 aromatic carbocycles. The molecule has 1 aliphatic rings. The lowest BCUT2D eigenvalue weighted by molar-refractivity contribution is -0.114. The average molecular weight is 365 g/mol. The van der Waals surface area contributed by atoms with Crippen LogP contribution in [0.15, 0.2) is 18.3 Å². The van der Waals surface area contributed by atoms with Crippen molar-refractivity contribution in [3.8, 4) is 0 Å².